The van der Waals surface area contributed by atoms with E-state index in [1.54, 1.807) is 0 Å². The number of rotatable bonds is 3. The Labute approximate surface area is 121 Å². The molecule has 0 amide bonds. The van der Waals surface area contributed by atoms with Crippen molar-refractivity contribution in [2.24, 2.45) is 0 Å². The average molecular weight is 271 g/mol. The van der Waals surface area contributed by atoms with Crippen LogP contribution in [0.25, 0.3) is 10.9 Å². The highest BCUT2D eigenvalue weighted by atomic mass is 15.1. The molecule has 0 aliphatic carbocycles. The second-order valence-corrected chi connectivity index (χ2v) is 5.85. The van der Waals surface area contributed by atoms with Gasteiger partial charge in [-0.15, -0.1) is 0 Å². The summed E-state index contributed by atoms with van der Waals surface area (Å²) >= 11 is 0. The minimum atomic E-state index is 0.895. The number of aromatic nitrogens is 1. The highest BCUT2D eigenvalue weighted by Gasteiger charge is 2.14. The molecule has 0 spiro atoms. The number of hydrogen-bond acceptors (Lipinski definition) is 2. The molecule has 1 aromatic heterocycles. The third kappa shape index (κ3) is 2.55. The summed E-state index contributed by atoms with van der Waals surface area (Å²) in [6, 6.07) is 8.53. The molecule has 1 aliphatic rings. The van der Waals surface area contributed by atoms with Gasteiger partial charge in [0, 0.05) is 29.9 Å². The van der Waals surface area contributed by atoms with Gasteiger partial charge in [0.2, 0.25) is 0 Å². The molecule has 0 bridgehead atoms. The maximum absolute atomic E-state index is 6.12. The number of aryl methyl sites for hydroxylation is 1. The highest BCUT2D eigenvalue weighted by molar-refractivity contribution is 5.92. The van der Waals surface area contributed by atoms with Crippen molar-refractivity contribution in [3.63, 3.8) is 0 Å². The van der Waals surface area contributed by atoms with E-state index in [0.29, 0.717) is 0 Å². The number of nitrogen functional groups attached to an aromatic ring is 1. The van der Waals surface area contributed by atoms with Crippen molar-refractivity contribution < 1.29 is 0 Å². The number of benzene rings is 1. The second kappa shape index (κ2) is 5.88. The number of nitrogens with two attached hydrogens (primary N) is 1. The summed E-state index contributed by atoms with van der Waals surface area (Å²) in [5, 5.41) is 1.21. The molecule has 2 aromatic rings. The molecule has 0 radical (unpaired) electrons. The van der Waals surface area contributed by atoms with Crippen LogP contribution in [0.5, 0.6) is 0 Å². The van der Waals surface area contributed by atoms with E-state index in [4.69, 9.17) is 5.73 Å². The Morgan fingerprint density at radius 3 is 2.55 bits per heavy atom. The zero-order valence-corrected chi connectivity index (χ0v) is 12.4. The van der Waals surface area contributed by atoms with Crippen molar-refractivity contribution in [3.8, 4) is 0 Å². The molecule has 108 valence electrons. The highest BCUT2D eigenvalue weighted by Crippen LogP contribution is 2.26. The smallest absolute Gasteiger partial charge is 0.0503 e. The maximum atomic E-state index is 6.12. The predicted molar refractivity (Wildman–Crippen MR) is 85.8 cm³/mol. The third-order valence-corrected chi connectivity index (χ3v) is 4.47. The number of hydrogen-bond donors (Lipinski definition) is 1. The van der Waals surface area contributed by atoms with Gasteiger partial charge in [0.05, 0.1) is 5.52 Å². The molecule has 1 aliphatic heterocycles. The Hall–Kier alpha value is -1.48. The average Bonchev–Trinajstić information content (AvgIpc) is 2.62. The second-order valence-electron chi connectivity index (χ2n) is 5.85. The van der Waals surface area contributed by atoms with Crippen LogP contribution in [0.3, 0.4) is 0 Å². The van der Waals surface area contributed by atoms with Crippen molar-refractivity contribution in [2.75, 3.05) is 18.8 Å². The van der Waals surface area contributed by atoms with Gasteiger partial charge in [-0.2, -0.15) is 0 Å². The van der Waals surface area contributed by atoms with Gasteiger partial charge < -0.3 is 10.3 Å². The van der Waals surface area contributed by atoms with E-state index in [2.05, 4.69) is 34.6 Å². The maximum Gasteiger partial charge on any atom is 0.0503 e. The van der Waals surface area contributed by atoms with Gasteiger partial charge in [-0.25, -0.2) is 0 Å². The number of likely N-dealkylation sites (tertiary alicyclic amines) is 1. The summed E-state index contributed by atoms with van der Waals surface area (Å²) in [7, 11) is 0. The zero-order chi connectivity index (χ0) is 13.9. The molecule has 2 N–H and O–H groups in total. The monoisotopic (exact) mass is 271 g/mol. The Kier molecular flexibility index (Phi) is 3.97. The first-order valence-corrected chi connectivity index (χ1v) is 7.88. The lowest BCUT2D eigenvalue weighted by Gasteiger charge is -2.20. The summed E-state index contributed by atoms with van der Waals surface area (Å²) in [5.74, 6) is 0. The van der Waals surface area contributed by atoms with Crippen LogP contribution in [0.1, 0.15) is 38.3 Å². The minimum Gasteiger partial charge on any atom is -0.398 e. The number of anilines is 1. The van der Waals surface area contributed by atoms with Gasteiger partial charge in [0.25, 0.3) is 0 Å². The Morgan fingerprint density at radius 2 is 1.85 bits per heavy atom. The van der Waals surface area contributed by atoms with Crippen molar-refractivity contribution in [1.29, 1.82) is 0 Å². The minimum absolute atomic E-state index is 0.895. The van der Waals surface area contributed by atoms with E-state index in [1.807, 2.05) is 6.07 Å². The molecule has 1 fully saturated rings. The van der Waals surface area contributed by atoms with Crippen molar-refractivity contribution in [3.05, 3.63) is 30.0 Å². The fraction of sp³-hybridized carbons (Fsp3) is 0.529. The van der Waals surface area contributed by atoms with E-state index in [-0.39, 0.29) is 0 Å². The topological polar surface area (TPSA) is 34.2 Å². The molecule has 0 atom stereocenters. The van der Waals surface area contributed by atoms with Gasteiger partial charge in [-0.05, 0) is 51.1 Å². The first-order chi connectivity index (χ1) is 9.79. The molecule has 3 heteroatoms. The standard InChI is InChI=1S/C17H25N3/c1-2-20-14(13-19-10-5-3-4-6-11-19)12-15-16(18)8-7-9-17(15)20/h7-9,12H,2-6,10-11,13,18H2,1H3. The predicted octanol–water partition coefficient (Wildman–Crippen LogP) is 3.62. The van der Waals surface area contributed by atoms with Crippen LogP contribution >= 0.6 is 0 Å². The van der Waals surface area contributed by atoms with E-state index in [9.17, 15) is 0 Å². The summed E-state index contributed by atoms with van der Waals surface area (Å²) < 4.78 is 2.41. The number of nitrogens with zero attached hydrogens (tertiary/aromatic N) is 2. The Morgan fingerprint density at radius 1 is 1.10 bits per heavy atom. The van der Waals surface area contributed by atoms with Crippen LogP contribution < -0.4 is 5.73 Å². The molecule has 0 unspecified atom stereocenters. The molecule has 1 saturated heterocycles. The van der Waals surface area contributed by atoms with Crippen LogP contribution in [0.2, 0.25) is 0 Å². The largest absolute Gasteiger partial charge is 0.398 e. The molecule has 2 heterocycles. The Bertz CT molecular complexity index is 577. The van der Waals surface area contributed by atoms with Gasteiger partial charge >= 0.3 is 0 Å². The molecule has 20 heavy (non-hydrogen) atoms. The molecular weight excluding hydrogens is 246 g/mol. The van der Waals surface area contributed by atoms with E-state index < -0.39 is 0 Å². The molecule has 0 saturated carbocycles. The zero-order valence-electron chi connectivity index (χ0n) is 12.4. The van der Waals surface area contributed by atoms with Crippen molar-refractivity contribution in [1.82, 2.24) is 9.47 Å². The quantitative estimate of drug-likeness (QED) is 0.865. The van der Waals surface area contributed by atoms with E-state index >= 15 is 0 Å². The van der Waals surface area contributed by atoms with E-state index in [0.717, 1.165) is 18.8 Å². The van der Waals surface area contributed by atoms with Gasteiger partial charge in [-0.3, -0.25) is 4.90 Å². The van der Waals surface area contributed by atoms with Gasteiger partial charge in [-0.1, -0.05) is 18.9 Å². The van der Waals surface area contributed by atoms with Crippen molar-refractivity contribution in [2.45, 2.75) is 45.7 Å². The van der Waals surface area contributed by atoms with Gasteiger partial charge in [0.15, 0.2) is 0 Å². The molecule has 3 nitrogen and oxygen atoms in total. The lowest BCUT2D eigenvalue weighted by atomic mass is 10.2. The number of fused-ring (bicyclic) bond motifs is 1. The fourth-order valence-corrected chi connectivity index (χ4v) is 3.39. The fourth-order valence-electron chi connectivity index (χ4n) is 3.39. The lowest BCUT2D eigenvalue weighted by Crippen LogP contribution is -2.25. The molecule has 3 rings (SSSR count). The summed E-state index contributed by atoms with van der Waals surface area (Å²) in [6.45, 7) is 6.76. The van der Waals surface area contributed by atoms with Gasteiger partial charge in [0.1, 0.15) is 0 Å². The third-order valence-electron chi connectivity index (χ3n) is 4.47. The summed E-state index contributed by atoms with van der Waals surface area (Å²) in [5.41, 5.74) is 9.70. The van der Waals surface area contributed by atoms with Crippen molar-refractivity contribution >= 4 is 16.6 Å². The van der Waals surface area contributed by atoms with Crippen LogP contribution in [-0.2, 0) is 13.1 Å². The first kappa shape index (κ1) is 13.5. The summed E-state index contributed by atoms with van der Waals surface area (Å²) in [6.07, 6.45) is 5.46. The van der Waals surface area contributed by atoms with E-state index in [1.165, 1.54) is 55.4 Å². The normalized spacial score (nSPS) is 17.4. The first-order valence-electron chi connectivity index (χ1n) is 7.88. The van der Waals surface area contributed by atoms with Crippen LogP contribution in [0.4, 0.5) is 5.69 Å². The SMILES string of the molecule is CCn1c(CN2CCCCCC2)cc2c(N)cccc21. The van der Waals surface area contributed by atoms with Crippen LogP contribution in [0.15, 0.2) is 24.3 Å². The lowest BCUT2D eigenvalue weighted by molar-refractivity contribution is 0.270. The molecule has 1 aromatic carbocycles. The molecular formula is C17H25N3. The summed E-state index contributed by atoms with van der Waals surface area (Å²) in [4.78, 5) is 2.60. The Balaban J connectivity index is 1.92. The van der Waals surface area contributed by atoms with Crippen LogP contribution in [0, 0.1) is 0 Å². The van der Waals surface area contributed by atoms with Crippen LogP contribution in [-0.4, -0.2) is 22.6 Å².